The van der Waals surface area contributed by atoms with Gasteiger partial charge >= 0.3 is 18.1 Å². The van der Waals surface area contributed by atoms with Gasteiger partial charge in [0.15, 0.2) is 0 Å². The number of carboxylic acids is 1. The molecule has 1 heterocycles. The van der Waals surface area contributed by atoms with E-state index in [0.29, 0.717) is 0 Å². The molecule has 0 aromatic heterocycles. The molecule has 2 aliphatic carbocycles. The summed E-state index contributed by atoms with van der Waals surface area (Å²) in [6.45, 7) is 4.82. The van der Waals surface area contributed by atoms with Crippen molar-refractivity contribution < 1.29 is 32.7 Å². The molecule has 0 aromatic rings. The fourth-order valence-electron chi connectivity index (χ4n) is 4.35. The number of hydrogen-bond acceptors (Lipinski definition) is 3. The molecule has 0 radical (unpaired) electrons. The highest BCUT2D eigenvalue weighted by molar-refractivity contribution is 5.93. The standard InChI is InChI=1S/C16H21F3N2O4/c1-14(2,3)10(20-13(25)16(17,18)19)11(22)21-6-7-8(9(21)12(23)24)15(7)4-5-15/h7-10H,4-6H2,1-3H3,(H,20,25)(H,23,24)/t7-,8-,9-,10+/m0/s1. The number of fused-ring (bicyclic) bond motifs is 3. The number of rotatable bonds is 3. The maximum absolute atomic E-state index is 12.8. The number of piperidine rings is 1. The van der Waals surface area contributed by atoms with Crippen LogP contribution in [-0.4, -0.2) is 52.6 Å². The van der Waals surface area contributed by atoms with Crippen molar-refractivity contribution in [3.8, 4) is 0 Å². The molecule has 3 fully saturated rings. The summed E-state index contributed by atoms with van der Waals surface area (Å²) in [5, 5.41) is 11.3. The van der Waals surface area contributed by atoms with E-state index in [-0.39, 0.29) is 23.8 Å². The molecular weight excluding hydrogens is 341 g/mol. The molecule has 9 heteroatoms. The summed E-state index contributed by atoms with van der Waals surface area (Å²) < 4.78 is 37.8. The minimum Gasteiger partial charge on any atom is -0.480 e. The highest BCUT2D eigenvalue weighted by Crippen LogP contribution is 2.78. The number of amides is 2. The largest absolute Gasteiger partial charge is 0.480 e. The van der Waals surface area contributed by atoms with Crippen LogP contribution in [0.4, 0.5) is 13.2 Å². The van der Waals surface area contributed by atoms with E-state index in [1.165, 1.54) is 20.8 Å². The van der Waals surface area contributed by atoms with Crippen LogP contribution in [0.15, 0.2) is 0 Å². The summed E-state index contributed by atoms with van der Waals surface area (Å²) in [7, 11) is 0. The fourth-order valence-corrected chi connectivity index (χ4v) is 4.35. The lowest BCUT2D eigenvalue weighted by Gasteiger charge is -2.36. The summed E-state index contributed by atoms with van der Waals surface area (Å²) in [4.78, 5) is 37.0. The Balaban J connectivity index is 1.81. The number of halogens is 3. The summed E-state index contributed by atoms with van der Waals surface area (Å²) in [6.07, 6.45) is -3.22. The molecule has 2 amide bonds. The van der Waals surface area contributed by atoms with Crippen LogP contribution in [-0.2, 0) is 14.4 Å². The maximum atomic E-state index is 12.8. The third kappa shape index (κ3) is 2.77. The first-order valence-corrected chi connectivity index (χ1v) is 8.22. The molecule has 6 nitrogen and oxygen atoms in total. The third-order valence-corrected chi connectivity index (χ3v) is 5.81. The van der Waals surface area contributed by atoms with Gasteiger partial charge in [0.1, 0.15) is 12.1 Å². The number of carbonyl (C=O) groups excluding carboxylic acids is 2. The quantitative estimate of drug-likeness (QED) is 0.795. The number of likely N-dealkylation sites (tertiary alicyclic amines) is 1. The molecule has 2 N–H and O–H groups in total. The van der Waals surface area contributed by atoms with Crippen LogP contribution < -0.4 is 5.32 Å². The third-order valence-electron chi connectivity index (χ3n) is 5.81. The minimum atomic E-state index is -5.11. The second kappa shape index (κ2) is 5.11. The van der Waals surface area contributed by atoms with Crippen molar-refractivity contribution in [2.24, 2.45) is 22.7 Å². The van der Waals surface area contributed by atoms with Gasteiger partial charge in [-0.2, -0.15) is 13.2 Å². The molecule has 1 spiro atoms. The van der Waals surface area contributed by atoms with Crippen molar-refractivity contribution in [2.75, 3.05) is 6.54 Å². The van der Waals surface area contributed by atoms with Crippen LogP contribution in [0.3, 0.4) is 0 Å². The van der Waals surface area contributed by atoms with E-state index in [1.807, 2.05) is 0 Å². The second-order valence-corrected chi connectivity index (χ2v) is 8.41. The molecular formula is C16H21F3N2O4. The van der Waals surface area contributed by atoms with Gasteiger partial charge in [-0.05, 0) is 29.6 Å². The number of nitrogens with one attached hydrogen (secondary N) is 1. The average Bonchev–Trinajstić information content (AvgIpc) is 3.30. The Morgan fingerprint density at radius 2 is 1.76 bits per heavy atom. The summed E-state index contributed by atoms with van der Waals surface area (Å²) in [5.74, 6) is -4.11. The van der Waals surface area contributed by atoms with Crippen LogP contribution >= 0.6 is 0 Å². The van der Waals surface area contributed by atoms with Crippen LogP contribution in [0.5, 0.6) is 0 Å². The Kier molecular flexibility index (Phi) is 3.68. The highest BCUT2D eigenvalue weighted by Gasteiger charge is 2.79. The van der Waals surface area contributed by atoms with E-state index in [4.69, 9.17) is 0 Å². The van der Waals surface area contributed by atoms with Gasteiger partial charge in [-0.25, -0.2) is 4.79 Å². The molecule has 0 unspecified atom stereocenters. The van der Waals surface area contributed by atoms with E-state index in [0.717, 1.165) is 17.7 Å². The summed E-state index contributed by atoms with van der Waals surface area (Å²) in [5.41, 5.74) is -0.961. The molecule has 1 aliphatic heterocycles. The summed E-state index contributed by atoms with van der Waals surface area (Å²) in [6, 6.07) is -2.47. The Morgan fingerprint density at radius 1 is 1.20 bits per heavy atom. The van der Waals surface area contributed by atoms with Gasteiger partial charge < -0.3 is 15.3 Å². The Hall–Kier alpha value is -1.80. The zero-order valence-electron chi connectivity index (χ0n) is 14.2. The van der Waals surface area contributed by atoms with Crippen LogP contribution in [0.25, 0.3) is 0 Å². The fraction of sp³-hybridized carbons (Fsp3) is 0.812. The topological polar surface area (TPSA) is 86.7 Å². The number of hydrogen-bond donors (Lipinski definition) is 2. The van der Waals surface area contributed by atoms with E-state index in [1.54, 1.807) is 5.32 Å². The normalized spacial score (nSPS) is 30.6. The molecule has 4 atom stereocenters. The lowest BCUT2D eigenvalue weighted by molar-refractivity contribution is -0.176. The van der Waals surface area contributed by atoms with Crippen molar-refractivity contribution in [1.82, 2.24) is 10.2 Å². The zero-order valence-corrected chi connectivity index (χ0v) is 14.2. The minimum absolute atomic E-state index is 0.0340. The van der Waals surface area contributed by atoms with Crippen LogP contribution in [0.2, 0.25) is 0 Å². The Bertz CT molecular complexity index is 636. The van der Waals surface area contributed by atoms with Crippen molar-refractivity contribution in [2.45, 2.75) is 51.9 Å². The van der Waals surface area contributed by atoms with Crippen molar-refractivity contribution >= 4 is 17.8 Å². The lowest BCUT2D eigenvalue weighted by atomic mass is 9.85. The van der Waals surface area contributed by atoms with Crippen molar-refractivity contribution in [3.05, 3.63) is 0 Å². The number of carbonyl (C=O) groups is 3. The van der Waals surface area contributed by atoms with E-state index >= 15 is 0 Å². The SMILES string of the molecule is CC(C)(C)[C@H](NC(=O)C(F)(F)F)C(=O)N1C[C@H]2[C@@H]([C@H]1C(=O)O)C21CC1. The summed E-state index contributed by atoms with van der Waals surface area (Å²) >= 11 is 0. The van der Waals surface area contributed by atoms with E-state index in [9.17, 15) is 32.7 Å². The molecule has 0 aromatic carbocycles. The number of nitrogens with zero attached hydrogens (tertiary/aromatic N) is 1. The first-order valence-electron chi connectivity index (χ1n) is 8.22. The van der Waals surface area contributed by atoms with Gasteiger partial charge in [0.25, 0.3) is 0 Å². The van der Waals surface area contributed by atoms with Crippen LogP contribution in [0.1, 0.15) is 33.6 Å². The number of aliphatic carboxylic acids is 1. The zero-order chi connectivity index (χ0) is 18.9. The molecule has 3 rings (SSSR count). The second-order valence-electron chi connectivity index (χ2n) is 8.41. The number of carboxylic acid groups (broad SMARTS) is 1. The van der Waals surface area contributed by atoms with Gasteiger partial charge in [0, 0.05) is 12.5 Å². The van der Waals surface area contributed by atoms with Gasteiger partial charge in [0.2, 0.25) is 5.91 Å². The smallest absolute Gasteiger partial charge is 0.471 e. The van der Waals surface area contributed by atoms with Gasteiger partial charge in [-0.3, -0.25) is 9.59 Å². The molecule has 1 saturated heterocycles. The van der Waals surface area contributed by atoms with Gasteiger partial charge in [-0.1, -0.05) is 20.8 Å². The first kappa shape index (κ1) is 18.0. The Morgan fingerprint density at radius 3 is 2.16 bits per heavy atom. The molecule has 25 heavy (non-hydrogen) atoms. The lowest BCUT2D eigenvalue weighted by Crippen LogP contribution is -2.59. The van der Waals surface area contributed by atoms with Crippen molar-refractivity contribution in [3.63, 3.8) is 0 Å². The maximum Gasteiger partial charge on any atom is 0.471 e. The van der Waals surface area contributed by atoms with Crippen LogP contribution in [0, 0.1) is 22.7 Å². The first-order chi connectivity index (χ1) is 11.3. The molecule has 2 saturated carbocycles. The number of alkyl halides is 3. The Labute approximate surface area is 142 Å². The molecule has 140 valence electrons. The van der Waals surface area contributed by atoms with Crippen molar-refractivity contribution in [1.29, 1.82) is 0 Å². The molecule has 0 bridgehead atoms. The molecule has 3 aliphatic rings. The van der Waals surface area contributed by atoms with E-state index < -0.39 is 41.5 Å². The van der Waals surface area contributed by atoms with Gasteiger partial charge in [0.05, 0.1) is 0 Å². The average molecular weight is 362 g/mol. The van der Waals surface area contributed by atoms with Gasteiger partial charge in [-0.15, -0.1) is 0 Å². The highest BCUT2D eigenvalue weighted by atomic mass is 19.4. The predicted molar refractivity (Wildman–Crippen MR) is 79.2 cm³/mol. The predicted octanol–water partition coefficient (Wildman–Crippen LogP) is 1.40. The monoisotopic (exact) mass is 362 g/mol. The van der Waals surface area contributed by atoms with E-state index in [2.05, 4.69) is 0 Å².